The molecule has 3 aromatic rings. The number of piperidine rings is 1. The van der Waals surface area contributed by atoms with Gasteiger partial charge in [0, 0.05) is 36.1 Å². The van der Waals surface area contributed by atoms with Crippen molar-refractivity contribution in [2.45, 2.75) is 31.7 Å². The molecule has 0 spiro atoms. The zero-order valence-electron chi connectivity index (χ0n) is 19.4. The Morgan fingerprint density at radius 3 is 2.49 bits per heavy atom. The van der Waals surface area contributed by atoms with Crippen molar-refractivity contribution in [1.82, 2.24) is 4.90 Å². The highest BCUT2D eigenvalue weighted by Crippen LogP contribution is 2.29. The normalized spacial score (nSPS) is 18.3. The third-order valence-corrected chi connectivity index (χ3v) is 8.16. The molecule has 0 aliphatic carbocycles. The van der Waals surface area contributed by atoms with Crippen LogP contribution in [0.3, 0.4) is 0 Å². The van der Waals surface area contributed by atoms with Crippen LogP contribution in [0.15, 0.2) is 58.8 Å². The number of rotatable bonds is 7. The SMILES string of the molecule is CC1CC(C)CN(C(=O)c2ccc(NCc3cccs3)c(S(=O)(=O)Nc3cc(F)ccc3F)c2)C1. The van der Waals surface area contributed by atoms with Gasteiger partial charge in [-0.3, -0.25) is 9.52 Å². The quantitative estimate of drug-likeness (QED) is 0.429. The summed E-state index contributed by atoms with van der Waals surface area (Å²) < 4.78 is 56.7. The Balaban J connectivity index is 1.69. The molecule has 10 heteroatoms. The largest absolute Gasteiger partial charge is 0.379 e. The number of carbonyl (C=O) groups excluding carboxylic acids is 1. The molecule has 1 aliphatic rings. The molecule has 2 aromatic carbocycles. The van der Waals surface area contributed by atoms with Gasteiger partial charge in [-0.05, 0) is 60.0 Å². The molecule has 1 aromatic heterocycles. The highest BCUT2D eigenvalue weighted by atomic mass is 32.2. The van der Waals surface area contributed by atoms with Gasteiger partial charge in [-0.2, -0.15) is 0 Å². The maximum Gasteiger partial charge on any atom is 0.264 e. The number of likely N-dealkylation sites (tertiary alicyclic amines) is 1. The van der Waals surface area contributed by atoms with E-state index in [1.165, 1.54) is 23.5 Å². The van der Waals surface area contributed by atoms with Crippen molar-refractivity contribution in [2.75, 3.05) is 23.1 Å². The lowest BCUT2D eigenvalue weighted by molar-refractivity contribution is 0.0623. The number of amides is 1. The van der Waals surface area contributed by atoms with Crippen LogP contribution in [0.2, 0.25) is 0 Å². The number of sulfonamides is 1. The van der Waals surface area contributed by atoms with Gasteiger partial charge in [0.2, 0.25) is 0 Å². The Kier molecular flexibility index (Phi) is 7.42. The number of hydrogen-bond acceptors (Lipinski definition) is 5. The van der Waals surface area contributed by atoms with E-state index in [1.807, 2.05) is 17.5 Å². The number of thiophene rings is 1. The lowest BCUT2D eigenvalue weighted by Gasteiger charge is -2.35. The van der Waals surface area contributed by atoms with Crippen LogP contribution in [-0.4, -0.2) is 32.3 Å². The van der Waals surface area contributed by atoms with Gasteiger partial charge in [-0.15, -0.1) is 11.3 Å². The molecule has 6 nitrogen and oxygen atoms in total. The van der Waals surface area contributed by atoms with Crippen molar-refractivity contribution in [3.05, 3.63) is 76.0 Å². The molecule has 186 valence electrons. The first-order valence-corrected chi connectivity index (χ1v) is 13.7. The molecule has 0 bridgehead atoms. The molecule has 1 saturated heterocycles. The van der Waals surface area contributed by atoms with Crippen LogP contribution >= 0.6 is 11.3 Å². The van der Waals surface area contributed by atoms with Crippen LogP contribution in [-0.2, 0) is 16.6 Å². The van der Waals surface area contributed by atoms with Gasteiger partial charge in [0.05, 0.1) is 11.4 Å². The molecule has 0 radical (unpaired) electrons. The van der Waals surface area contributed by atoms with Gasteiger partial charge < -0.3 is 10.2 Å². The fraction of sp³-hybridized carbons (Fsp3) is 0.320. The van der Waals surface area contributed by atoms with E-state index in [1.54, 1.807) is 11.0 Å². The molecule has 0 saturated carbocycles. The molecule has 4 rings (SSSR count). The maximum atomic E-state index is 14.2. The monoisotopic (exact) mass is 519 g/mol. The second-order valence-corrected chi connectivity index (χ2v) is 11.7. The summed E-state index contributed by atoms with van der Waals surface area (Å²) in [6.45, 7) is 5.72. The average Bonchev–Trinajstić information content (AvgIpc) is 3.32. The predicted octanol–water partition coefficient (Wildman–Crippen LogP) is 5.56. The Morgan fingerprint density at radius 2 is 1.80 bits per heavy atom. The Morgan fingerprint density at radius 1 is 1.06 bits per heavy atom. The van der Waals surface area contributed by atoms with Crippen LogP contribution in [0.5, 0.6) is 0 Å². The van der Waals surface area contributed by atoms with Gasteiger partial charge in [0.25, 0.3) is 15.9 Å². The van der Waals surface area contributed by atoms with Crippen LogP contribution in [0.25, 0.3) is 0 Å². The van der Waals surface area contributed by atoms with E-state index >= 15 is 0 Å². The smallest absolute Gasteiger partial charge is 0.264 e. The number of nitrogens with one attached hydrogen (secondary N) is 2. The molecule has 2 N–H and O–H groups in total. The molecule has 2 unspecified atom stereocenters. The summed E-state index contributed by atoms with van der Waals surface area (Å²) in [4.78, 5) is 15.8. The van der Waals surface area contributed by atoms with E-state index in [9.17, 15) is 22.0 Å². The number of anilines is 2. The Hall–Kier alpha value is -2.98. The van der Waals surface area contributed by atoms with Gasteiger partial charge in [0.15, 0.2) is 0 Å². The second kappa shape index (κ2) is 10.3. The summed E-state index contributed by atoms with van der Waals surface area (Å²) in [6, 6.07) is 10.7. The zero-order valence-corrected chi connectivity index (χ0v) is 21.1. The number of halogens is 2. The summed E-state index contributed by atoms with van der Waals surface area (Å²) in [5.74, 6) is -1.27. The fourth-order valence-electron chi connectivity index (χ4n) is 4.41. The van der Waals surface area contributed by atoms with Crippen molar-refractivity contribution in [3.63, 3.8) is 0 Å². The van der Waals surface area contributed by atoms with Crippen molar-refractivity contribution >= 4 is 38.6 Å². The maximum absolute atomic E-state index is 14.2. The molecular formula is C25H27F2N3O3S2. The number of nitrogens with zero attached hydrogens (tertiary/aromatic N) is 1. The lowest BCUT2D eigenvalue weighted by Crippen LogP contribution is -2.42. The number of hydrogen-bond donors (Lipinski definition) is 2. The van der Waals surface area contributed by atoms with E-state index < -0.39 is 27.3 Å². The van der Waals surface area contributed by atoms with Gasteiger partial charge in [0.1, 0.15) is 16.5 Å². The molecule has 1 fully saturated rings. The summed E-state index contributed by atoms with van der Waals surface area (Å²) in [5.41, 5.74) is -0.0441. The highest BCUT2D eigenvalue weighted by Gasteiger charge is 2.28. The first-order chi connectivity index (χ1) is 16.6. The van der Waals surface area contributed by atoms with Crippen LogP contribution in [0.1, 0.15) is 35.5 Å². The third kappa shape index (κ3) is 5.99. The first kappa shape index (κ1) is 25.1. The van der Waals surface area contributed by atoms with Crippen molar-refractivity contribution in [1.29, 1.82) is 0 Å². The third-order valence-electron chi connectivity index (χ3n) is 5.88. The fourth-order valence-corrected chi connectivity index (χ4v) is 6.32. The Labute approximate surface area is 208 Å². The zero-order chi connectivity index (χ0) is 25.2. The lowest BCUT2D eigenvalue weighted by atomic mass is 9.91. The molecule has 1 amide bonds. The van der Waals surface area contributed by atoms with E-state index in [-0.39, 0.29) is 22.1 Å². The van der Waals surface area contributed by atoms with Gasteiger partial charge in [-0.25, -0.2) is 17.2 Å². The van der Waals surface area contributed by atoms with E-state index in [2.05, 4.69) is 23.9 Å². The second-order valence-electron chi connectivity index (χ2n) is 9.03. The topological polar surface area (TPSA) is 78.5 Å². The molecular weight excluding hydrogens is 492 g/mol. The summed E-state index contributed by atoms with van der Waals surface area (Å²) in [5, 5.41) is 5.00. The van der Waals surface area contributed by atoms with Crippen molar-refractivity contribution in [2.24, 2.45) is 11.8 Å². The number of benzene rings is 2. The minimum absolute atomic E-state index is 0.216. The summed E-state index contributed by atoms with van der Waals surface area (Å²) in [6.07, 6.45) is 1.03. The van der Waals surface area contributed by atoms with Gasteiger partial charge in [-0.1, -0.05) is 19.9 Å². The van der Waals surface area contributed by atoms with E-state index in [0.717, 1.165) is 29.5 Å². The highest BCUT2D eigenvalue weighted by molar-refractivity contribution is 7.92. The predicted molar refractivity (Wildman–Crippen MR) is 134 cm³/mol. The minimum Gasteiger partial charge on any atom is -0.379 e. The van der Waals surface area contributed by atoms with Crippen molar-refractivity contribution < 1.29 is 22.0 Å². The minimum atomic E-state index is -4.37. The molecule has 35 heavy (non-hydrogen) atoms. The standard InChI is InChI=1S/C25H27F2N3O3S2/c1-16-10-17(2)15-30(14-16)25(31)18-5-8-22(28-13-20-4-3-9-34-20)24(11-18)35(32,33)29-23-12-19(26)6-7-21(23)27/h3-9,11-12,16-17,28-29H,10,13-15H2,1-2H3. The Bertz CT molecular complexity index is 1300. The molecule has 2 atom stereocenters. The number of carbonyl (C=O) groups is 1. The first-order valence-electron chi connectivity index (χ1n) is 11.3. The summed E-state index contributed by atoms with van der Waals surface area (Å²) >= 11 is 1.51. The van der Waals surface area contributed by atoms with Crippen LogP contribution in [0.4, 0.5) is 20.2 Å². The molecule has 2 heterocycles. The van der Waals surface area contributed by atoms with E-state index in [4.69, 9.17) is 0 Å². The van der Waals surface area contributed by atoms with Crippen molar-refractivity contribution in [3.8, 4) is 0 Å². The molecule has 1 aliphatic heterocycles. The average molecular weight is 520 g/mol. The van der Waals surface area contributed by atoms with Crippen LogP contribution in [0, 0.1) is 23.5 Å². The van der Waals surface area contributed by atoms with Gasteiger partial charge >= 0.3 is 0 Å². The van der Waals surface area contributed by atoms with Crippen LogP contribution < -0.4 is 10.0 Å². The van der Waals surface area contributed by atoms with E-state index in [0.29, 0.717) is 31.5 Å². The summed E-state index contributed by atoms with van der Waals surface area (Å²) in [7, 11) is -4.37.